The molecular weight excluding hydrogens is 265 g/mol. The van der Waals surface area contributed by atoms with Crippen LogP contribution in [0.15, 0.2) is 42.5 Å². The molecule has 3 heteroatoms. The first-order valence-corrected chi connectivity index (χ1v) is 7.36. The maximum Gasteiger partial charge on any atom is 0.127 e. The van der Waals surface area contributed by atoms with E-state index in [0.717, 1.165) is 24.1 Å². The lowest BCUT2D eigenvalue weighted by atomic mass is 10.1. The average Bonchev–Trinajstić information content (AvgIpc) is 2.46. The Morgan fingerprint density at radius 2 is 1.95 bits per heavy atom. The highest BCUT2D eigenvalue weighted by atomic mass is 19.1. The lowest BCUT2D eigenvalue weighted by Gasteiger charge is -2.11. The van der Waals surface area contributed by atoms with Crippen molar-refractivity contribution >= 4 is 0 Å². The van der Waals surface area contributed by atoms with Crippen LogP contribution in [-0.4, -0.2) is 6.54 Å². The van der Waals surface area contributed by atoms with Gasteiger partial charge in [0.25, 0.3) is 0 Å². The van der Waals surface area contributed by atoms with Crippen molar-refractivity contribution in [1.82, 2.24) is 5.32 Å². The fourth-order valence-corrected chi connectivity index (χ4v) is 2.15. The van der Waals surface area contributed by atoms with Gasteiger partial charge in [0.1, 0.15) is 18.2 Å². The fourth-order valence-electron chi connectivity index (χ4n) is 2.15. The standard InChI is InChI=1S/C18H22FNO/c1-3-8-20-12-15-9-17(19)11-18(10-15)21-13-16-7-5-4-6-14(16)2/h4-7,9-11,20H,3,8,12-13H2,1-2H3. The van der Waals surface area contributed by atoms with Crippen molar-refractivity contribution < 1.29 is 9.13 Å². The summed E-state index contributed by atoms with van der Waals surface area (Å²) in [7, 11) is 0. The number of rotatable bonds is 7. The largest absolute Gasteiger partial charge is 0.489 e. The molecule has 0 aliphatic heterocycles. The van der Waals surface area contributed by atoms with Gasteiger partial charge in [-0.05, 0) is 48.7 Å². The Bertz CT molecular complexity index is 583. The molecule has 21 heavy (non-hydrogen) atoms. The second kappa shape index (κ2) is 7.79. The highest BCUT2D eigenvalue weighted by Gasteiger charge is 2.04. The summed E-state index contributed by atoms with van der Waals surface area (Å²) < 4.78 is 19.4. The van der Waals surface area contributed by atoms with Crippen LogP contribution in [0, 0.1) is 12.7 Å². The number of benzene rings is 2. The monoisotopic (exact) mass is 287 g/mol. The van der Waals surface area contributed by atoms with E-state index in [2.05, 4.69) is 12.2 Å². The van der Waals surface area contributed by atoms with Crippen LogP contribution in [0.2, 0.25) is 0 Å². The molecule has 2 aromatic rings. The van der Waals surface area contributed by atoms with E-state index in [1.165, 1.54) is 11.6 Å². The maximum absolute atomic E-state index is 13.6. The number of ether oxygens (including phenoxy) is 1. The minimum atomic E-state index is -0.259. The summed E-state index contributed by atoms with van der Waals surface area (Å²) in [5.74, 6) is 0.317. The van der Waals surface area contributed by atoms with Gasteiger partial charge in [-0.2, -0.15) is 0 Å². The number of halogens is 1. The Labute approximate surface area is 126 Å². The van der Waals surface area contributed by atoms with Gasteiger partial charge in [-0.3, -0.25) is 0 Å². The number of hydrogen-bond donors (Lipinski definition) is 1. The number of nitrogens with one attached hydrogen (secondary N) is 1. The molecular formula is C18H22FNO. The third-order valence-electron chi connectivity index (χ3n) is 3.34. The molecule has 1 N–H and O–H groups in total. The molecule has 0 spiro atoms. The Kier molecular flexibility index (Phi) is 5.76. The van der Waals surface area contributed by atoms with E-state index in [1.54, 1.807) is 6.07 Å². The minimum absolute atomic E-state index is 0.259. The predicted molar refractivity (Wildman–Crippen MR) is 83.9 cm³/mol. The van der Waals surface area contributed by atoms with E-state index < -0.39 is 0 Å². The van der Waals surface area contributed by atoms with Gasteiger partial charge in [0.15, 0.2) is 0 Å². The van der Waals surface area contributed by atoms with Crippen LogP contribution in [0.5, 0.6) is 5.75 Å². The molecule has 0 heterocycles. The van der Waals surface area contributed by atoms with E-state index in [1.807, 2.05) is 37.3 Å². The molecule has 0 aromatic heterocycles. The van der Waals surface area contributed by atoms with Crippen LogP contribution >= 0.6 is 0 Å². The molecule has 112 valence electrons. The summed E-state index contributed by atoms with van der Waals surface area (Å²) in [6.45, 7) is 6.19. The zero-order valence-corrected chi connectivity index (χ0v) is 12.7. The Morgan fingerprint density at radius 1 is 1.14 bits per heavy atom. The SMILES string of the molecule is CCCNCc1cc(F)cc(OCc2ccccc2C)c1. The van der Waals surface area contributed by atoms with Crippen LogP contribution in [0.3, 0.4) is 0 Å². The van der Waals surface area contributed by atoms with Crippen molar-refractivity contribution in [1.29, 1.82) is 0 Å². The molecule has 0 fully saturated rings. The molecule has 0 atom stereocenters. The van der Waals surface area contributed by atoms with Gasteiger partial charge in [-0.25, -0.2) is 4.39 Å². The molecule has 0 saturated carbocycles. The molecule has 2 rings (SSSR count). The highest BCUT2D eigenvalue weighted by Crippen LogP contribution is 2.19. The third-order valence-corrected chi connectivity index (χ3v) is 3.34. The van der Waals surface area contributed by atoms with E-state index >= 15 is 0 Å². The fraction of sp³-hybridized carbons (Fsp3) is 0.333. The van der Waals surface area contributed by atoms with Crippen LogP contribution in [0.25, 0.3) is 0 Å². The van der Waals surface area contributed by atoms with Crippen molar-refractivity contribution in [2.24, 2.45) is 0 Å². The van der Waals surface area contributed by atoms with Crippen LogP contribution in [-0.2, 0) is 13.2 Å². The van der Waals surface area contributed by atoms with Crippen molar-refractivity contribution in [2.75, 3.05) is 6.54 Å². The first kappa shape index (κ1) is 15.5. The molecule has 2 aromatic carbocycles. The zero-order valence-electron chi connectivity index (χ0n) is 12.7. The predicted octanol–water partition coefficient (Wildman–Crippen LogP) is 4.21. The van der Waals surface area contributed by atoms with Gasteiger partial charge < -0.3 is 10.1 Å². The van der Waals surface area contributed by atoms with Crippen molar-refractivity contribution in [3.63, 3.8) is 0 Å². The summed E-state index contributed by atoms with van der Waals surface area (Å²) in [4.78, 5) is 0. The molecule has 0 unspecified atom stereocenters. The normalized spacial score (nSPS) is 10.6. The quantitative estimate of drug-likeness (QED) is 0.770. The van der Waals surface area contributed by atoms with E-state index in [4.69, 9.17) is 4.74 Å². The molecule has 0 bridgehead atoms. The molecule has 0 aliphatic rings. The number of aryl methyl sites for hydroxylation is 1. The maximum atomic E-state index is 13.6. The first-order chi connectivity index (χ1) is 10.2. The Hall–Kier alpha value is -1.87. The number of hydrogen-bond acceptors (Lipinski definition) is 2. The van der Waals surface area contributed by atoms with E-state index in [9.17, 15) is 4.39 Å². The summed E-state index contributed by atoms with van der Waals surface area (Å²) in [5, 5.41) is 3.27. The van der Waals surface area contributed by atoms with Gasteiger partial charge in [-0.1, -0.05) is 31.2 Å². The lowest BCUT2D eigenvalue weighted by Crippen LogP contribution is -2.14. The first-order valence-electron chi connectivity index (χ1n) is 7.36. The zero-order chi connectivity index (χ0) is 15.1. The lowest BCUT2D eigenvalue weighted by molar-refractivity contribution is 0.303. The Morgan fingerprint density at radius 3 is 2.71 bits per heavy atom. The van der Waals surface area contributed by atoms with Crippen molar-refractivity contribution in [2.45, 2.75) is 33.4 Å². The summed E-state index contributed by atoms with van der Waals surface area (Å²) in [6.07, 6.45) is 1.06. The van der Waals surface area contributed by atoms with Crippen molar-refractivity contribution in [3.8, 4) is 5.75 Å². The topological polar surface area (TPSA) is 21.3 Å². The summed E-state index contributed by atoms with van der Waals surface area (Å²) in [6, 6.07) is 12.9. The molecule has 0 amide bonds. The van der Waals surface area contributed by atoms with Crippen LogP contribution in [0.1, 0.15) is 30.0 Å². The van der Waals surface area contributed by atoms with Gasteiger partial charge in [0.2, 0.25) is 0 Å². The van der Waals surface area contributed by atoms with Gasteiger partial charge in [-0.15, -0.1) is 0 Å². The highest BCUT2D eigenvalue weighted by molar-refractivity contribution is 5.31. The third kappa shape index (κ3) is 4.87. The Balaban J connectivity index is 2.01. The van der Waals surface area contributed by atoms with Crippen LogP contribution < -0.4 is 10.1 Å². The van der Waals surface area contributed by atoms with E-state index in [0.29, 0.717) is 18.9 Å². The smallest absolute Gasteiger partial charge is 0.127 e. The molecule has 0 radical (unpaired) electrons. The summed E-state index contributed by atoms with van der Waals surface area (Å²) in [5.41, 5.74) is 3.20. The second-order valence-electron chi connectivity index (χ2n) is 5.19. The minimum Gasteiger partial charge on any atom is -0.489 e. The van der Waals surface area contributed by atoms with Crippen LogP contribution in [0.4, 0.5) is 4.39 Å². The summed E-state index contributed by atoms with van der Waals surface area (Å²) >= 11 is 0. The van der Waals surface area contributed by atoms with E-state index in [-0.39, 0.29) is 5.82 Å². The molecule has 0 saturated heterocycles. The van der Waals surface area contributed by atoms with Gasteiger partial charge >= 0.3 is 0 Å². The average molecular weight is 287 g/mol. The van der Waals surface area contributed by atoms with Gasteiger partial charge in [0.05, 0.1) is 0 Å². The van der Waals surface area contributed by atoms with Crippen molar-refractivity contribution in [3.05, 3.63) is 65.0 Å². The molecule has 2 nitrogen and oxygen atoms in total. The van der Waals surface area contributed by atoms with Gasteiger partial charge in [0, 0.05) is 12.6 Å². The molecule has 0 aliphatic carbocycles. The second-order valence-corrected chi connectivity index (χ2v) is 5.19.